The molecule has 0 aliphatic heterocycles. The van der Waals surface area contributed by atoms with Crippen LogP contribution in [0.15, 0.2) is 63.7 Å². The van der Waals surface area contributed by atoms with Crippen LogP contribution in [0.2, 0.25) is 0 Å². The largest absolute Gasteiger partial charge is 0.506 e. The minimum absolute atomic E-state index is 0.0220. The molecule has 0 unspecified atom stereocenters. The van der Waals surface area contributed by atoms with Crippen molar-refractivity contribution in [3.8, 4) is 5.75 Å². The first-order valence-electron chi connectivity index (χ1n) is 8.13. The summed E-state index contributed by atoms with van der Waals surface area (Å²) in [7, 11) is -4.57. The third-order valence-electron chi connectivity index (χ3n) is 4.15. The minimum atomic E-state index is -4.57. The maximum absolute atomic E-state index is 11.7. The molecule has 3 aromatic carbocycles. The highest BCUT2D eigenvalue weighted by Crippen LogP contribution is 2.40. The number of benzene rings is 3. The first kappa shape index (κ1) is 19.4. The molecule has 9 nitrogen and oxygen atoms in total. The molecule has 0 aliphatic rings. The third-order valence-corrected chi connectivity index (χ3v) is 5.05. The topological polar surface area (TPSA) is 142 Å². The Balaban J connectivity index is 2.20. The number of hydrogen-bond acceptors (Lipinski definition) is 7. The maximum atomic E-state index is 11.7. The van der Waals surface area contributed by atoms with Crippen molar-refractivity contribution in [3.63, 3.8) is 0 Å². The highest BCUT2D eigenvalue weighted by atomic mass is 32.2. The van der Waals surface area contributed by atoms with Crippen molar-refractivity contribution in [2.24, 2.45) is 10.2 Å². The molecule has 3 rings (SSSR count). The van der Waals surface area contributed by atoms with Gasteiger partial charge in [0, 0.05) is 17.5 Å². The summed E-state index contributed by atoms with van der Waals surface area (Å²) in [6.07, 6.45) is 0.452. The Morgan fingerprint density at radius 2 is 1.86 bits per heavy atom. The van der Waals surface area contributed by atoms with Gasteiger partial charge in [-0.15, -0.1) is 5.11 Å². The molecule has 0 atom stereocenters. The van der Waals surface area contributed by atoms with Gasteiger partial charge in [0.15, 0.2) is 0 Å². The van der Waals surface area contributed by atoms with E-state index in [9.17, 15) is 28.2 Å². The summed E-state index contributed by atoms with van der Waals surface area (Å²) in [5.41, 5.74) is 0.685. The number of nitro groups is 1. The van der Waals surface area contributed by atoms with Gasteiger partial charge in [-0.05, 0) is 35.6 Å². The number of phenols is 1. The minimum Gasteiger partial charge on any atom is -0.506 e. The lowest BCUT2D eigenvalue weighted by molar-refractivity contribution is -0.384. The quantitative estimate of drug-likeness (QED) is 0.275. The van der Waals surface area contributed by atoms with Crippen LogP contribution >= 0.6 is 0 Å². The number of phenolic OH excluding ortho intramolecular Hbond substituents is 1. The highest BCUT2D eigenvalue weighted by Gasteiger charge is 2.19. The van der Waals surface area contributed by atoms with Gasteiger partial charge in [0.2, 0.25) is 0 Å². The van der Waals surface area contributed by atoms with E-state index in [2.05, 4.69) is 10.2 Å². The Kier molecular flexibility index (Phi) is 5.08. The average Bonchev–Trinajstić information content (AvgIpc) is 2.65. The molecule has 0 saturated heterocycles. The summed E-state index contributed by atoms with van der Waals surface area (Å²) >= 11 is 0. The van der Waals surface area contributed by atoms with Gasteiger partial charge in [0.25, 0.3) is 15.8 Å². The summed E-state index contributed by atoms with van der Waals surface area (Å²) in [4.78, 5) is 9.99. The molecule has 0 spiro atoms. The van der Waals surface area contributed by atoms with Gasteiger partial charge in [0.1, 0.15) is 16.3 Å². The summed E-state index contributed by atoms with van der Waals surface area (Å²) < 4.78 is 33.0. The number of nitrogens with zero attached hydrogens (tertiary/aromatic N) is 3. The molecule has 0 fully saturated rings. The van der Waals surface area contributed by atoms with Crippen molar-refractivity contribution in [2.45, 2.75) is 18.2 Å². The fourth-order valence-electron chi connectivity index (χ4n) is 2.80. The monoisotopic (exact) mass is 401 g/mol. The zero-order chi connectivity index (χ0) is 20.5. The van der Waals surface area contributed by atoms with Crippen molar-refractivity contribution >= 4 is 38.0 Å². The lowest BCUT2D eigenvalue weighted by atomic mass is 10.1. The second kappa shape index (κ2) is 7.33. The van der Waals surface area contributed by atoms with E-state index in [0.29, 0.717) is 23.1 Å². The zero-order valence-corrected chi connectivity index (χ0v) is 15.4. The summed E-state index contributed by atoms with van der Waals surface area (Å²) in [5, 5.41) is 29.6. The van der Waals surface area contributed by atoms with Gasteiger partial charge in [0.05, 0.1) is 10.6 Å². The van der Waals surface area contributed by atoms with Crippen molar-refractivity contribution in [1.82, 2.24) is 0 Å². The number of nitro benzene ring substituents is 1. The van der Waals surface area contributed by atoms with Gasteiger partial charge in [-0.1, -0.05) is 25.1 Å². The third kappa shape index (κ3) is 3.68. The molecule has 0 aliphatic carbocycles. The Bertz CT molecular complexity index is 1220. The van der Waals surface area contributed by atoms with E-state index >= 15 is 0 Å². The van der Waals surface area contributed by atoms with E-state index in [1.54, 1.807) is 13.0 Å². The van der Waals surface area contributed by atoms with Crippen molar-refractivity contribution in [3.05, 3.63) is 64.2 Å². The molecule has 10 heteroatoms. The number of aromatic hydroxyl groups is 1. The van der Waals surface area contributed by atoms with Gasteiger partial charge in [-0.2, -0.15) is 13.5 Å². The van der Waals surface area contributed by atoms with Gasteiger partial charge >= 0.3 is 0 Å². The molecular weight excluding hydrogens is 386 g/mol. The predicted molar refractivity (Wildman–Crippen MR) is 102 cm³/mol. The number of aryl methyl sites for hydroxylation is 1. The fourth-order valence-corrected chi connectivity index (χ4v) is 3.53. The van der Waals surface area contributed by atoms with Crippen molar-refractivity contribution in [1.29, 1.82) is 0 Å². The SMILES string of the molecule is CCc1cc([N+](=O)[O-])ccc1N=Nc1c(O)ccc2cccc(S(=O)(=O)O)c12. The Hall–Kier alpha value is -3.37. The lowest BCUT2D eigenvalue weighted by Gasteiger charge is -2.08. The summed E-state index contributed by atoms with van der Waals surface area (Å²) in [5.74, 6) is -0.327. The van der Waals surface area contributed by atoms with Crippen LogP contribution in [0.5, 0.6) is 5.75 Å². The highest BCUT2D eigenvalue weighted by molar-refractivity contribution is 7.86. The molecule has 0 aromatic heterocycles. The molecule has 0 heterocycles. The number of fused-ring (bicyclic) bond motifs is 1. The first-order valence-corrected chi connectivity index (χ1v) is 9.57. The fraction of sp³-hybridized carbons (Fsp3) is 0.111. The van der Waals surface area contributed by atoms with Crippen molar-refractivity contribution in [2.75, 3.05) is 0 Å². The van der Waals surface area contributed by atoms with E-state index in [1.807, 2.05) is 0 Å². The van der Waals surface area contributed by atoms with E-state index in [4.69, 9.17) is 0 Å². The number of azo groups is 1. The van der Waals surface area contributed by atoms with Crippen LogP contribution in [-0.4, -0.2) is 23.0 Å². The van der Waals surface area contributed by atoms with E-state index < -0.39 is 19.9 Å². The molecule has 2 N–H and O–H groups in total. The Labute approximate surface area is 159 Å². The van der Waals surface area contributed by atoms with Crippen LogP contribution in [0.4, 0.5) is 17.1 Å². The van der Waals surface area contributed by atoms with Gasteiger partial charge in [-0.3, -0.25) is 14.7 Å². The van der Waals surface area contributed by atoms with Crippen LogP contribution in [0.25, 0.3) is 10.8 Å². The lowest BCUT2D eigenvalue weighted by Crippen LogP contribution is -1.99. The Morgan fingerprint density at radius 1 is 1.11 bits per heavy atom. The smallest absolute Gasteiger partial charge is 0.295 e. The molecule has 0 bridgehead atoms. The van der Waals surface area contributed by atoms with E-state index in [1.165, 1.54) is 42.5 Å². The van der Waals surface area contributed by atoms with Crippen LogP contribution in [0.1, 0.15) is 12.5 Å². The zero-order valence-electron chi connectivity index (χ0n) is 14.6. The standard InChI is InChI=1S/C18H15N3O6S/c1-2-11-10-13(21(23)24)7-8-14(11)19-20-18-15(22)9-6-12-4-3-5-16(17(12)18)28(25,26)27/h3-10,22H,2H2,1H3,(H,25,26,27). The van der Waals surface area contributed by atoms with Crippen LogP contribution in [0, 0.1) is 10.1 Å². The molecule has 0 saturated carbocycles. The van der Waals surface area contributed by atoms with Crippen molar-refractivity contribution < 1.29 is 23.0 Å². The van der Waals surface area contributed by atoms with Gasteiger partial charge in [-0.25, -0.2) is 0 Å². The molecular formula is C18H15N3O6S. The molecule has 144 valence electrons. The second-order valence-electron chi connectivity index (χ2n) is 5.89. The molecule has 28 heavy (non-hydrogen) atoms. The normalized spacial score (nSPS) is 11.9. The van der Waals surface area contributed by atoms with Crippen LogP contribution in [0.3, 0.4) is 0 Å². The summed E-state index contributed by atoms with van der Waals surface area (Å²) in [6.45, 7) is 1.80. The van der Waals surface area contributed by atoms with E-state index in [0.717, 1.165) is 0 Å². The maximum Gasteiger partial charge on any atom is 0.295 e. The average molecular weight is 401 g/mol. The van der Waals surface area contributed by atoms with Crippen LogP contribution in [-0.2, 0) is 16.5 Å². The molecule has 0 radical (unpaired) electrons. The van der Waals surface area contributed by atoms with E-state index in [-0.39, 0.29) is 22.5 Å². The predicted octanol–water partition coefficient (Wildman–Crippen LogP) is 4.68. The van der Waals surface area contributed by atoms with Gasteiger partial charge < -0.3 is 5.11 Å². The van der Waals surface area contributed by atoms with Crippen LogP contribution < -0.4 is 0 Å². The molecule has 3 aromatic rings. The molecule has 0 amide bonds. The second-order valence-corrected chi connectivity index (χ2v) is 7.28. The number of non-ortho nitro benzene ring substituents is 1. The summed E-state index contributed by atoms with van der Waals surface area (Å²) in [6, 6.07) is 11.1. The number of hydrogen-bond donors (Lipinski definition) is 2. The number of rotatable bonds is 5. The first-order chi connectivity index (χ1) is 13.2. The Morgan fingerprint density at radius 3 is 2.50 bits per heavy atom.